The Morgan fingerprint density at radius 3 is 2.81 bits per heavy atom. The van der Waals surface area contributed by atoms with Gasteiger partial charge in [-0.3, -0.25) is 0 Å². The number of aromatic nitrogens is 1. The molecule has 2 aromatic rings. The lowest BCUT2D eigenvalue weighted by Gasteiger charge is -2.17. The molecule has 0 saturated carbocycles. The van der Waals surface area contributed by atoms with Crippen molar-refractivity contribution in [2.45, 2.75) is 33.2 Å². The van der Waals surface area contributed by atoms with Crippen LogP contribution >= 0.6 is 0 Å². The molecule has 0 unspecified atom stereocenters. The van der Waals surface area contributed by atoms with Crippen molar-refractivity contribution in [1.29, 1.82) is 0 Å². The van der Waals surface area contributed by atoms with Crippen molar-refractivity contribution in [3.63, 3.8) is 0 Å². The summed E-state index contributed by atoms with van der Waals surface area (Å²) in [6, 6.07) is 9.45. The Morgan fingerprint density at radius 2 is 2.04 bits per heavy atom. The van der Waals surface area contributed by atoms with E-state index in [-0.39, 0.29) is 6.03 Å². The SMILES string of the molecule is CCOc1cc(C)ccc1NC(=O)NCc1ccnc(N2CCCC2)c1. The van der Waals surface area contributed by atoms with Gasteiger partial charge >= 0.3 is 6.03 Å². The maximum atomic E-state index is 12.3. The summed E-state index contributed by atoms with van der Waals surface area (Å²) in [6.45, 7) is 7.03. The summed E-state index contributed by atoms with van der Waals surface area (Å²) in [4.78, 5) is 19.0. The predicted octanol–water partition coefficient (Wildman–Crippen LogP) is 3.71. The van der Waals surface area contributed by atoms with Crippen molar-refractivity contribution in [3.05, 3.63) is 47.7 Å². The van der Waals surface area contributed by atoms with E-state index in [4.69, 9.17) is 4.74 Å². The molecule has 1 aliphatic rings. The van der Waals surface area contributed by atoms with E-state index in [9.17, 15) is 4.79 Å². The Hall–Kier alpha value is -2.76. The third kappa shape index (κ3) is 4.65. The molecule has 0 bridgehead atoms. The number of nitrogens with zero attached hydrogens (tertiary/aromatic N) is 2. The smallest absolute Gasteiger partial charge is 0.319 e. The van der Waals surface area contributed by atoms with Crippen molar-refractivity contribution in [2.75, 3.05) is 29.9 Å². The standard InChI is InChI=1S/C20H26N4O2/c1-3-26-18-12-15(2)6-7-17(18)23-20(25)22-14-16-8-9-21-19(13-16)24-10-4-5-11-24/h6-9,12-13H,3-5,10-11,14H2,1-2H3,(H2,22,23,25). The summed E-state index contributed by atoms with van der Waals surface area (Å²) in [6.07, 6.45) is 4.23. The van der Waals surface area contributed by atoms with Crippen LogP contribution in [0.3, 0.4) is 0 Å². The van der Waals surface area contributed by atoms with Crippen LogP contribution in [0.1, 0.15) is 30.9 Å². The largest absolute Gasteiger partial charge is 0.492 e. The van der Waals surface area contributed by atoms with E-state index < -0.39 is 0 Å². The summed E-state index contributed by atoms with van der Waals surface area (Å²) in [5.74, 6) is 1.67. The van der Waals surface area contributed by atoms with Gasteiger partial charge in [0.25, 0.3) is 0 Å². The second-order valence-electron chi connectivity index (χ2n) is 6.46. The Bertz CT molecular complexity index is 757. The van der Waals surface area contributed by atoms with Crippen LogP contribution in [0.4, 0.5) is 16.3 Å². The van der Waals surface area contributed by atoms with Crippen LogP contribution in [0.15, 0.2) is 36.5 Å². The number of hydrogen-bond donors (Lipinski definition) is 2. The maximum Gasteiger partial charge on any atom is 0.319 e. The third-order valence-corrected chi connectivity index (χ3v) is 4.38. The van der Waals surface area contributed by atoms with Gasteiger partial charge in [-0.05, 0) is 62.1 Å². The van der Waals surface area contributed by atoms with Crippen LogP contribution in [0.25, 0.3) is 0 Å². The number of amides is 2. The van der Waals surface area contributed by atoms with Crippen molar-refractivity contribution >= 4 is 17.5 Å². The second-order valence-corrected chi connectivity index (χ2v) is 6.46. The van der Waals surface area contributed by atoms with Crippen LogP contribution in [-0.2, 0) is 6.54 Å². The van der Waals surface area contributed by atoms with Crippen molar-refractivity contribution in [3.8, 4) is 5.75 Å². The van der Waals surface area contributed by atoms with Gasteiger partial charge in [-0.25, -0.2) is 9.78 Å². The highest BCUT2D eigenvalue weighted by atomic mass is 16.5. The molecule has 2 N–H and O–H groups in total. The van der Waals surface area contributed by atoms with Gasteiger partial charge in [0.15, 0.2) is 0 Å². The number of hydrogen-bond acceptors (Lipinski definition) is 4. The fraction of sp³-hybridized carbons (Fsp3) is 0.400. The maximum absolute atomic E-state index is 12.3. The van der Waals surface area contributed by atoms with Crippen LogP contribution in [0, 0.1) is 6.92 Å². The number of ether oxygens (including phenoxy) is 1. The molecule has 0 atom stereocenters. The number of benzene rings is 1. The van der Waals surface area contributed by atoms with E-state index >= 15 is 0 Å². The van der Waals surface area contributed by atoms with E-state index in [0.29, 0.717) is 24.6 Å². The monoisotopic (exact) mass is 354 g/mol. The van der Waals surface area contributed by atoms with E-state index in [1.54, 1.807) is 6.20 Å². The van der Waals surface area contributed by atoms with Crippen molar-refractivity contribution in [2.24, 2.45) is 0 Å². The zero-order valence-corrected chi connectivity index (χ0v) is 15.4. The number of aryl methyl sites for hydroxylation is 1. The molecule has 2 amide bonds. The molecule has 6 nitrogen and oxygen atoms in total. The molecular formula is C20H26N4O2. The normalized spacial score (nSPS) is 13.5. The number of anilines is 2. The molecule has 1 saturated heterocycles. The van der Waals surface area contributed by atoms with Crippen LogP contribution in [-0.4, -0.2) is 30.7 Å². The molecule has 6 heteroatoms. The number of pyridine rings is 1. The van der Waals surface area contributed by atoms with Crippen LogP contribution < -0.4 is 20.3 Å². The first-order valence-corrected chi connectivity index (χ1v) is 9.14. The number of urea groups is 1. The first kappa shape index (κ1) is 18.0. The summed E-state index contributed by atoms with van der Waals surface area (Å²) < 4.78 is 5.60. The van der Waals surface area contributed by atoms with Crippen LogP contribution in [0.2, 0.25) is 0 Å². The van der Waals surface area contributed by atoms with Gasteiger partial charge in [0.05, 0.1) is 12.3 Å². The lowest BCUT2D eigenvalue weighted by atomic mass is 10.2. The van der Waals surface area contributed by atoms with Gasteiger partial charge in [-0.15, -0.1) is 0 Å². The Labute approximate surface area is 154 Å². The van der Waals surface area contributed by atoms with Crippen molar-refractivity contribution in [1.82, 2.24) is 10.3 Å². The first-order chi connectivity index (χ1) is 12.7. The minimum absolute atomic E-state index is 0.255. The molecule has 2 heterocycles. The molecule has 0 radical (unpaired) electrons. The predicted molar refractivity (Wildman–Crippen MR) is 104 cm³/mol. The van der Waals surface area contributed by atoms with Gasteiger partial charge in [-0.1, -0.05) is 6.07 Å². The summed E-state index contributed by atoms with van der Waals surface area (Å²) in [7, 11) is 0. The van der Waals surface area contributed by atoms with Gasteiger partial charge in [0, 0.05) is 25.8 Å². The number of carbonyl (C=O) groups is 1. The number of nitrogens with one attached hydrogen (secondary N) is 2. The molecule has 1 aromatic heterocycles. The highest BCUT2D eigenvalue weighted by Gasteiger charge is 2.14. The Morgan fingerprint density at radius 1 is 1.23 bits per heavy atom. The molecule has 0 aliphatic carbocycles. The zero-order valence-electron chi connectivity index (χ0n) is 15.4. The van der Waals surface area contributed by atoms with E-state index in [0.717, 1.165) is 30.0 Å². The molecule has 1 fully saturated rings. The van der Waals surface area contributed by atoms with Gasteiger partial charge in [0.1, 0.15) is 11.6 Å². The quantitative estimate of drug-likeness (QED) is 0.830. The molecule has 138 valence electrons. The minimum Gasteiger partial charge on any atom is -0.492 e. The number of rotatable bonds is 6. The Kier molecular flexibility index (Phi) is 5.94. The van der Waals surface area contributed by atoms with Crippen LogP contribution in [0.5, 0.6) is 5.75 Å². The summed E-state index contributed by atoms with van der Waals surface area (Å²) in [5.41, 5.74) is 2.79. The number of carbonyl (C=O) groups excluding carboxylic acids is 1. The van der Waals surface area contributed by atoms with E-state index in [1.807, 2.05) is 44.2 Å². The summed E-state index contributed by atoms with van der Waals surface area (Å²) in [5, 5.41) is 5.76. The van der Waals surface area contributed by atoms with E-state index in [2.05, 4.69) is 20.5 Å². The first-order valence-electron chi connectivity index (χ1n) is 9.14. The zero-order chi connectivity index (χ0) is 18.4. The Balaban J connectivity index is 1.58. The average Bonchev–Trinajstić information content (AvgIpc) is 3.18. The molecule has 26 heavy (non-hydrogen) atoms. The minimum atomic E-state index is -0.255. The molecule has 3 rings (SSSR count). The average molecular weight is 354 g/mol. The molecular weight excluding hydrogens is 328 g/mol. The fourth-order valence-corrected chi connectivity index (χ4v) is 3.05. The highest BCUT2D eigenvalue weighted by Crippen LogP contribution is 2.25. The second kappa shape index (κ2) is 8.56. The van der Waals surface area contributed by atoms with Gasteiger partial charge in [0.2, 0.25) is 0 Å². The topological polar surface area (TPSA) is 66.5 Å². The molecule has 0 spiro atoms. The fourth-order valence-electron chi connectivity index (χ4n) is 3.05. The summed E-state index contributed by atoms with van der Waals surface area (Å²) >= 11 is 0. The lowest BCUT2D eigenvalue weighted by molar-refractivity contribution is 0.251. The van der Waals surface area contributed by atoms with Crippen molar-refractivity contribution < 1.29 is 9.53 Å². The molecule has 1 aliphatic heterocycles. The van der Waals surface area contributed by atoms with Gasteiger partial charge in [-0.2, -0.15) is 0 Å². The van der Waals surface area contributed by atoms with E-state index in [1.165, 1.54) is 12.8 Å². The van der Waals surface area contributed by atoms with Gasteiger partial charge < -0.3 is 20.3 Å². The molecule has 1 aromatic carbocycles. The lowest BCUT2D eigenvalue weighted by Crippen LogP contribution is -2.28. The highest BCUT2D eigenvalue weighted by molar-refractivity contribution is 5.90. The third-order valence-electron chi connectivity index (χ3n) is 4.38.